The summed E-state index contributed by atoms with van der Waals surface area (Å²) < 4.78 is 0. The van der Waals surface area contributed by atoms with Crippen LogP contribution in [0.3, 0.4) is 0 Å². The summed E-state index contributed by atoms with van der Waals surface area (Å²) in [6.45, 7) is 2.22. The molecule has 0 spiro atoms. The van der Waals surface area contributed by atoms with E-state index in [1.54, 1.807) is 11.3 Å². The van der Waals surface area contributed by atoms with E-state index in [-0.39, 0.29) is 0 Å². The molecule has 0 saturated heterocycles. The van der Waals surface area contributed by atoms with E-state index in [2.05, 4.69) is 18.0 Å². The van der Waals surface area contributed by atoms with Crippen LogP contribution >= 0.6 is 11.3 Å². The van der Waals surface area contributed by atoms with Crippen LogP contribution in [0.4, 0.5) is 5.00 Å². The second-order valence-electron chi connectivity index (χ2n) is 4.16. The van der Waals surface area contributed by atoms with Crippen LogP contribution in [0.1, 0.15) is 31.1 Å². The summed E-state index contributed by atoms with van der Waals surface area (Å²) in [5.41, 5.74) is 8.12. The Morgan fingerprint density at radius 2 is 2.18 bits per heavy atom. The van der Waals surface area contributed by atoms with Crippen LogP contribution in [0.2, 0.25) is 0 Å². The molecule has 0 saturated carbocycles. The van der Waals surface area contributed by atoms with Crippen molar-refractivity contribution in [3.8, 4) is 11.3 Å². The number of nitrogens with zero attached hydrogens (tertiary/aromatic N) is 1. The van der Waals surface area contributed by atoms with E-state index in [0.717, 1.165) is 22.7 Å². The molecule has 0 aliphatic heterocycles. The SMILES string of the molecule is CCCCCc1cc(-c2ccccn2)c(N)s1. The normalized spacial score (nSPS) is 10.6. The lowest BCUT2D eigenvalue weighted by molar-refractivity contribution is 0.723. The highest BCUT2D eigenvalue weighted by molar-refractivity contribution is 7.16. The highest BCUT2D eigenvalue weighted by atomic mass is 32.1. The number of rotatable bonds is 5. The molecule has 0 radical (unpaired) electrons. The molecule has 90 valence electrons. The lowest BCUT2D eigenvalue weighted by Crippen LogP contribution is -1.85. The van der Waals surface area contributed by atoms with Gasteiger partial charge in [0.05, 0.1) is 10.7 Å². The van der Waals surface area contributed by atoms with Gasteiger partial charge in [0.25, 0.3) is 0 Å². The van der Waals surface area contributed by atoms with Crippen LogP contribution in [0.25, 0.3) is 11.3 Å². The topological polar surface area (TPSA) is 38.9 Å². The molecule has 2 N–H and O–H groups in total. The lowest BCUT2D eigenvalue weighted by Gasteiger charge is -1.96. The van der Waals surface area contributed by atoms with E-state index in [1.807, 2.05) is 24.4 Å². The molecule has 0 unspecified atom stereocenters. The molecule has 0 atom stereocenters. The Labute approximate surface area is 107 Å². The Morgan fingerprint density at radius 1 is 1.29 bits per heavy atom. The summed E-state index contributed by atoms with van der Waals surface area (Å²) in [5, 5.41) is 0.884. The second kappa shape index (κ2) is 5.82. The van der Waals surface area contributed by atoms with Crippen molar-refractivity contribution in [2.75, 3.05) is 5.73 Å². The first-order chi connectivity index (χ1) is 8.31. The van der Waals surface area contributed by atoms with Gasteiger partial charge in [0, 0.05) is 16.6 Å². The third-order valence-electron chi connectivity index (χ3n) is 2.78. The molecular formula is C14H18N2S. The summed E-state index contributed by atoms with van der Waals surface area (Å²) >= 11 is 1.70. The van der Waals surface area contributed by atoms with Crippen molar-refractivity contribution in [2.24, 2.45) is 0 Å². The number of aryl methyl sites for hydroxylation is 1. The van der Waals surface area contributed by atoms with E-state index in [1.165, 1.54) is 24.1 Å². The summed E-state index contributed by atoms with van der Waals surface area (Å²) in [6.07, 6.45) is 6.74. The monoisotopic (exact) mass is 246 g/mol. The molecule has 0 aromatic carbocycles. The summed E-state index contributed by atoms with van der Waals surface area (Å²) in [6, 6.07) is 8.12. The van der Waals surface area contributed by atoms with Crippen LogP contribution in [0.15, 0.2) is 30.5 Å². The molecule has 0 amide bonds. The summed E-state index contributed by atoms with van der Waals surface area (Å²) in [7, 11) is 0. The molecule has 2 aromatic heterocycles. The molecule has 0 fully saturated rings. The van der Waals surface area contributed by atoms with Crippen LogP contribution in [-0.4, -0.2) is 4.98 Å². The Balaban J connectivity index is 2.14. The van der Waals surface area contributed by atoms with Gasteiger partial charge in [-0.25, -0.2) is 0 Å². The maximum Gasteiger partial charge on any atom is 0.0954 e. The van der Waals surface area contributed by atoms with Crippen molar-refractivity contribution in [2.45, 2.75) is 32.6 Å². The highest BCUT2D eigenvalue weighted by Crippen LogP contribution is 2.33. The minimum absolute atomic E-state index is 0.884. The predicted octanol–water partition coefficient (Wildman–Crippen LogP) is 4.13. The number of unbranched alkanes of at least 4 members (excludes halogenated alkanes) is 2. The van der Waals surface area contributed by atoms with E-state index in [0.29, 0.717) is 0 Å². The molecule has 17 heavy (non-hydrogen) atoms. The van der Waals surface area contributed by atoms with Crippen molar-refractivity contribution in [3.63, 3.8) is 0 Å². The molecule has 2 heterocycles. The molecule has 0 bridgehead atoms. The van der Waals surface area contributed by atoms with Crippen molar-refractivity contribution >= 4 is 16.3 Å². The van der Waals surface area contributed by atoms with Crippen LogP contribution < -0.4 is 5.73 Å². The fraction of sp³-hybridized carbons (Fsp3) is 0.357. The second-order valence-corrected chi connectivity index (χ2v) is 5.33. The van der Waals surface area contributed by atoms with E-state index in [9.17, 15) is 0 Å². The van der Waals surface area contributed by atoms with Gasteiger partial charge in [0.15, 0.2) is 0 Å². The standard InChI is InChI=1S/C14H18N2S/c1-2-3-4-7-11-10-12(14(15)17-11)13-8-5-6-9-16-13/h5-6,8-10H,2-4,7,15H2,1H3. The molecule has 0 aliphatic rings. The first-order valence-electron chi connectivity index (χ1n) is 6.11. The van der Waals surface area contributed by atoms with Gasteiger partial charge < -0.3 is 5.73 Å². The zero-order valence-electron chi connectivity index (χ0n) is 10.1. The van der Waals surface area contributed by atoms with Gasteiger partial charge in [-0.1, -0.05) is 25.8 Å². The minimum Gasteiger partial charge on any atom is -0.390 e. The molecule has 3 heteroatoms. The lowest BCUT2D eigenvalue weighted by atomic mass is 10.1. The third kappa shape index (κ3) is 3.07. The zero-order chi connectivity index (χ0) is 12.1. The highest BCUT2D eigenvalue weighted by Gasteiger charge is 2.08. The fourth-order valence-electron chi connectivity index (χ4n) is 1.85. The average molecular weight is 246 g/mol. The van der Waals surface area contributed by atoms with Crippen molar-refractivity contribution in [1.82, 2.24) is 4.98 Å². The summed E-state index contributed by atoms with van der Waals surface area (Å²) in [4.78, 5) is 5.72. The first kappa shape index (κ1) is 12.1. The molecule has 0 aliphatic carbocycles. The molecule has 2 nitrogen and oxygen atoms in total. The Bertz CT molecular complexity index is 462. The van der Waals surface area contributed by atoms with Gasteiger partial charge in [-0.05, 0) is 31.0 Å². The van der Waals surface area contributed by atoms with Crippen molar-refractivity contribution in [3.05, 3.63) is 35.3 Å². The number of nitrogens with two attached hydrogens (primary N) is 1. The fourth-order valence-corrected chi connectivity index (χ4v) is 2.83. The maximum absolute atomic E-state index is 6.06. The number of hydrogen-bond acceptors (Lipinski definition) is 3. The van der Waals surface area contributed by atoms with Gasteiger partial charge in [0.1, 0.15) is 0 Å². The van der Waals surface area contributed by atoms with Gasteiger partial charge in [-0.15, -0.1) is 11.3 Å². The smallest absolute Gasteiger partial charge is 0.0954 e. The van der Waals surface area contributed by atoms with Gasteiger partial charge >= 0.3 is 0 Å². The summed E-state index contributed by atoms with van der Waals surface area (Å²) in [5.74, 6) is 0. The van der Waals surface area contributed by atoms with Gasteiger partial charge in [0.2, 0.25) is 0 Å². The van der Waals surface area contributed by atoms with Crippen molar-refractivity contribution in [1.29, 1.82) is 0 Å². The third-order valence-corrected chi connectivity index (χ3v) is 3.80. The average Bonchev–Trinajstić information content (AvgIpc) is 2.72. The molecule has 2 aromatic rings. The first-order valence-corrected chi connectivity index (χ1v) is 6.92. The van der Waals surface area contributed by atoms with Crippen LogP contribution in [0, 0.1) is 0 Å². The van der Waals surface area contributed by atoms with E-state index >= 15 is 0 Å². The molecule has 2 rings (SSSR count). The van der Waals surface area contributed by atoms with E-state index < -0.39 is 0 Å². The number of anilines is 1. The number of thiophene rings is 1. The zero-order valence-corrected chi connectivity index (χ0v) is 11.0. The Hall–Kier alpha value is -1.35. The number of hydrogen-bond donors (Lipinski definition) is 1. The van der Waals surface area contributed by atoms with Gasteiger partial charge in [-0.2, -0.15) is 0 Å². The van der Waals surface area contributed by atoms with Gasteiger partial charge in [-0.3, -0.25) is 4.98 Å². The van der Waals surface area contributed by atoms with Crippen LogP contribution in [0.5, 0.6) is 0 Å². The maximum atomic E-state index is 6.06. The van der Waals surface area contributed by atoms with E-state index in [4.69, 9.17) is 5.73 Å². The van der Waals surface area contributed by atoms with Crippen molar-refractivity contribution < 1.29 is 0 Å². The number of aromatic nitrogens is 1. The largest absolute Gasteiger partial charge is 0.390 e. The molecular weight excluding hydrogens is 228 g/mol. The van der Waals surface area contributed by atoms with Crippen LogP contribution in [-0.2, 0) is 6.42 Å². The Morgan fingerprint density at radius 3 is 2.88 bits per heavy atom. The number of pyridine rings is 1. The Kier molecular flexibility index (Phi) is 4.15. The number of nitrogen functional groups attached to an aromatic ring is 1. The minimum atomic E-state index is 0.884. The predicted molar refractivity (Wildman–Crippen MR) is 75.2 cm³/mol. The quantitative estimate of drug-likeness (QED) is 0.806.